The first kappa shape index (κ1) is 21.1. The quantitative estimate of drug-likeness (QED) is 0.336. The standard InChI is InChI=1S/C25H22IN3O2/c1-28(2)19-11-7-17(8-12-19)9-14-24-27-23-13-10-18(26)15-22(23)25(30)29(24)20-5-4-6-21(16-20)31-3/h4-16H,1-3H3/b14-9+. The normalized spacial score (nSPS) is 11.2. The summed E-state index contributed by atoms with van der Waals surface area (Å²) in [5.74, 6) is 1.24. The predicted molar refractivity (Wildman–Crippen MR) is 136 cm³/mol. The topological polar surface area (TPSA) is 47.4 Å². The second-order valence-electron chi connectivity index (χ2n) is 7.29. The van der Waals surface area contributed by atoms with Crippen molar-refractivity contribution in [2.45, 2.75) is 0 Å². The van der Waals surface area contributed by atoms with Crippen molar-refractivity contribution in [1.29, 1.82) is 0 Å². The van der Waals surface area contributed by atoms with Crippen molar-refractivity contribution < 1.29 is 4.74 Å². The van der Waals surface area contributed by atoms with Crippen LogP contribution in [0.3, 0.4) is 0 Å². The Morgan fingerprint density at radius 1 is 1.00 bits per heavy atom. The van der Waals surface area contributed by atoms with Gasteiger partial charge in [0.25, 0.3) is 5.56 Å². The van der Waals surface area contributed by atoms with Gasteiger partial charge in [0.1, 0.15) is 11.6 Å². The van der Waals surface area contributed by atoms with Crippen LogP contribution in [0.2, 0.25) is 0 Å². The summed E-state index contributed by atoms with van der Waals surface area (Å²) >= 11 is 2.21. The monoisotopic (exact) mass is 523 g/mol. The highest BCUT2D eigenvalue weighted by atomic mass is 127. The van der Waals surface area contributed by atoms with Crippen LogP contribution in [0.5, 0.6) is 5.75 Å². The molecule has 6 heteroatoms. The molecule has 3 aromatic carbocycles. The molecule has 0 unspecified atom stereocenters. The van der Waals surface area contributed by atoms with Crippen LogP contribution < -0.4 is 15.2 Å². The van der Waals surface area contributed by atoms with Gasteiger partial charge >= 0.3 is 0 Å². The molecule has 156 valence electrons. The molecule has 0 saturated heterocycles. The van der Waals surface area contributed by atoms with E-state index in [0.29, 0.717) is 28.2 Å². The Morgan fingerprint density at radius 2 is 1.77 bits per heavy atom. The van der Waals surface area contributed by atoms with Gasteiger partial charge in [-0.05, 0) is 76.7 Å². The maximum absolute atomic E-state index is 13.5. The third-order valence-corrected chi connectivity index (χ3v) is 5.67. The number of hydrogen-bond donors (Lipinski definition) is 0. The zero-order valence-electron chi connectivity index (χ0n) is 17.5. The van der Waals surface area contributed by atoms with Gasteiger partial charge in [-0.1, -0.05) is 24.3 Å². The smallest absolute Gasteiger partial charge is 0.266 e. The molecule has 31 heavy (non-hydrogen) atoms. The molecule has 1 heterocycles. The summed E-state index contributed by atoms with van der Waals surface area (Å²) in [7, 11) is 5.64. The number of methoxy groups -OCH3 is 1. The van der Waals surface area contributed by atoms with Gasteiger partial charge in [0.05, 0.1) is 23.7 Å². The van der Waals surface area contributed by atoms with Crippen LogP contribution in [0.4, 0.5) is 5.69 Å². The number of fused-ring (bicyclic) bond motifs is 1. The first-order valence-electron chi connectivity index (χ1n) is 9.78. The molecule has 0 saturated carbocycles. The number of nitrogens with zero attached hydrogens (tertiary/aromatic N) is 3. The number of rotatable bonds is 5. The Morgan fingerprint density at radius 3 is 2.48 bits per heavy atom. The molecule has 4 rings (SSSR count). The lowest BCUT2D eigenvalue weighted by molar-refractivity contribution is 0.414. The van der Waals surface area contributed by atoms with E-state index in [-0.39, 0.29) is 5.56 Å². The van der Waals surface area contributed by atoms with Gasteiger partial charge in [0, 0.05) is 29.4 Å². The van der Waals surface area contributed by atoms with Crippen LogP contribution in [0.15, 0.2) is 71.5 Å². The van der Waals surface area contributed by atoms with E-state index in [0.717, 1.165) is 14.8 Å². The van der Waals surface area contributed by atoms with E-state index in [1.807, 2.05) is 80.8 Å². The summed E-state index contributed by atoms with van der Waals surface area (Å²) in [5, 5.41) is 0.585. The van der Waals surface area contributed by atoms with E-state index in [2.05, 4.69) is 39.6 Å². The van der Waals surface area contributed by atoms with E-state index in [1.54, 1.807) is 11.7 Å². The van der Waals surface area contributed by atoms with Gasteiger partial charge in [0.2, 0.25) is 0 Å². The fraction of sp³-hybridized carbons (Fsp3) is 0.120. The fourth-order valence-electron chi connectivity index (χ4n) is 3.34. The first-order valence-corrected chi connectivity index (χ1v) is 10.9. The molecule has 4 aromatic rings. The summed E-state index contributed by atoms with van der Waals surface area (Å²) in [6.45, 7) is 0. The summed E-state index contributed by atoms with van der Waals surface area (Å²) in [4.78, 5) is 20.3. The molecule has 0 aliphatic heterocycles. The van der Waals surface area contributed by atoms with Crippen molar-refractivity contribution in [1.82, 2.24) is 9.55 Å². The number of aromatic nitrogens is 2. The number of halogens is 1. The van der Waals surface area contributed by atoms with Gasteiger partial charge < -0.3 is 9.64 Å². The lowest BCUT2D eigenvalue weighted by Crippen LogP contribution is -2.22. The Hall–Kier alpha value is -3.13. The third kappa shape index (κ3) is 4.49. The van der Waals surface area contributed by atoms with E-state index in [9.17, 15) is 4.79 Å². The average Bonchev–Trinajstić information content (AvgIpc) is 2.78. The molecule has 0 atom stereocenters. The molecule has 1 aromatic heterocycles. The Labute approximate surface area is 194 Å². The molecule has 0 aliphatic rings. The third-order valence-electron chi connectivity index (χ3n) is 5.00. The van der Waals surface area contributed by atoms with Crippen molar-refractivity contribution in [2.75, 3.05) is 26.1 Å². The minimum Gasteiger partial charge on any atom is -0.497 e. The van der Waals surface area contributed by atoms with E-state index in [4.69, 9.17) is 9.72 Å². The van der Waals surface area contributed by atoms with Crippen LogP contribution in [0.1, 0.15) is 11.4 Å². The highest BCUT2D eigenvalue weighted by Crippen LogP contribution is 2.21. The molecular formula is C25H22IN3O2. The number of ether oxygens (including phenoxy) is 1. The maximum Gasteiger partial charge on any atom is 0.266 e. The number of hydrogen-bond acceptors (Lipinski definition) is 4. The molecule has 0 bridgehead atoms. The zero-order chi connectivity index (χ0) is 22.0. The van der Waals surface area contributed by atoms with Crippen molar-refractivity contribution >= 4 is 51.3 Å². The highest BCUT2D eigenvalue weighted by molar-refractivity contribution is 14.1. The van der Waals surface area contributed by atoms with Crippen LogP contribution in [-0.4, -0.2) is 30.8 Å². The SMILES string of the molecule is COc1cccc(-n2c(/C=C/c3ccc(N(C)C)cc3)nc3ccc(I)cc3c2=O)c1. The van der Waals surface area contributed by atoms with Gasteiger partial charge in [-0.3, -0.25) is 9.36 Å². The van der Waals surface area contributed by atoms with Gasteiger partial charge in [-0.25, -0.2) is 4.98 Å². The Balaban J connectivity index is 1.88. The Kier molecular flexibility index (Phi) is 6.08. The lowest BCUT2D eigenvalue weighted by atomic mass is 10.1. The predicted octanol–water partition coefficient (Wildman–Crippen LogP) is 5.24. The summed E-state index contributed by atoms with van der Waals surface area (Å²) in [6.07, 6.45) is 3.85. The van der Waals surface area contributed by atoms with Crippen LogP contribution in [0, 0.1) is 3.57 Å². The van der Waals surface area contributed by atoms with E-state index < -0.39 is 0 Å². The summed E-state index contributed by atoms with van der Waals surface area (Å²) in [5.41, 5.74) is 3.43. The molecule has 0 N–H and O–H groups in total. The molecule has 0 amide bonds. The van der Waals surface area contributed by atoms with E-state index >= 15 is 0 Å². The Bertz CT molecular complexity index is 1330. The van der Waals surface area contributed by atoms with Gasteiger partial charge in [-0.15, -0.1) is 0 Å². The largest absolute Gasteiger partial charge is 0.497 e. The zero-order valence-corrected chi connectivity index (χ0v) is 19.7. The fourth-order valence-corrected chi connectivity index (χ4v) is 3.83. The maximum atomic E-state index is 13.5. The van der Waals surface area contributed by atoms with Gasteiger partial charge in [-0.2, -0.15) is 0 Å². The van der Waals surface area contributed by atoms with Crippen LogP contribution in [-0.2, 0) is 0 Å². The van der Waals surface area contributed by atoms with Crippen LogP contribution >= 0.6 is 22.6 Å². The van der Waals surface area contributed by atoms with Crippen molar-refractivity contribution in [2.24, 2.45) is 0 Å². The molecule has 0 fully saturated rings. The second kappa shape index (κ2) is 8.93. The molecule has 5 nitrogen and oxygen atoms in total. The highest BCUT2D eigenvalue weighted by Gasteiger charge is 2.12. The number of anilines is 1. The minimum atomic E-state index is -0.112. The summed E-state index contributed by atoms with van der Waals surface area (Å²) < 4.78 is 7.99. The molecular weight excluding hydrogens is 501 g/mol. The van der Waals surface area contributed by atoms with Crippen LogP contribution in [0.25, 0.3) is 28.7 Å². The molecule has 0 radical (unpaired) electrons. The second-order valence-corrected chi connectivity index (χ2v) is 8.54. The lowest BCUT2D eigenvalue weighted by Gasteiger charge is -2.13. The number of benzene rings is 3. The molecule has 0 aliphatic carbocycles. The minimum absolute atomic E-state index is 0.112. The van der Waals surface area contributed by atoms with E-state index in [1.165, 1.54) is 0 Å². The van der Waals surface area contributed by atoms with Crippen molar-refractivity contribution in [3.63, 3.8) is 0 Å². The molecule has 0 spiro atoms. The van der Waals surface area contributed by atoms with Gasteiger partial charge in [0.15, 0.2) is 0 Å². The first-order chi connectivity index (χ1) is 15.0. The van der Waals surface area contributed by atoms with Crippen molar-refractivity contribution in [3.8, 4) is 11.4 Å². The van der Waals surface area contributed by atoms with Crippen molar-refractivity contribution in [3.05, 3.63) is 92.0 Å². The summed E-state index contributed by atoms with van der Waals surface area (Å²) in [6, 6.07) is 21.4. The average molecular weight is 523 g/mol.